The van der Waals surface area contributed by atoms with E-state index in [1.165, 1.54) is 17.2 Å². The zero-order chi connectivity index (χ0) is 13.3. The van der Waals surface area contributed by atoms with Crippen molar-refractivity contribution < 1.29 is 14.8 Å². The molecule has 1 aromatic rings. The Morgan fingerprint density at radius 3 is 2.83 bits per heavy atom. The molecule has 1 saturated carbocycles. The SMILES string of the molecule is CN(CCO)C(=O)c1cc([N+](=O)[O-])cn1C1CC1. The largest absolute Gasteiger partial charge is 0.395 e. The number of likely N-dealkylation sites (N-methyl/N-ethyl adjacent to an activating group) is 1. The minimum absolute atomic E-state index is 0.0670. The number of nitrogens with zero attached hydrogens (tertiary/aromatic N) is 3. The zero-order valence-corrected chi connectivity index (χ0v) is 10.1. The van der Waals surface area contributed by atoms with E-state index >= 15 is 0 Å². The van der Waals surface area contributed by atoms with Crippen LogP contribution in [0.25, 0.3) is 0 Å². The van der Waals surface area contributed by atoms with Gasteiger partial charge in [-0.2, -0.15) is 0 Å². The Bertz CT molecular complexity index is 479. The van der Waals surface area contributed by atoms with Gasteiger partial charge in [-0.1, -0.05) is 0 Å². The number of aliphatic hydroxyl groups is 1. The van der Waals surface area contributed by atoms with E-state index in [1.807, 2.05) is 0 Å². The third-order valence-corrected chi connectivity index (χ3v) is 2.99. The van der Waals surface area contributed by atoms with E-state index in [0.717, 1.165) is 12.8 Å². The molecule has 0 unspecified atom stereocenters. The molecule has 0 atom stereocenters. The van der Waals surface area contributed by atoms with Crippen LogP contribution in [0.2, 0.25) is 0 Å². The van der Waals surface area contributed by atoms with Crippen molar-refractivity contribution in [3.05, 3.63) is 28.1 Å². The molecule has 98 valence electrons. The molecule has 7 nitrogen and oxygen atoms in total. The standard InChI is InChI=1S/C11H15N3O4/c1-12(4-5-15)11(16)10-6-9(14(17)18)7-13(10)8-2-3-8/h6-8,15H,2-5H2,1H3. The predicted octanol–water partition coefficient (Wildman–Crippen LogP) is 0.795. The van der Waals surface area contributed by atoms with Gasteiger partial charge in [0.1, 0.15) is 5.69 Å². The first kappa shape index (κ1) is 12.6. The van der Waals surface area contributed by atoms with Crippen molar-refractivity contribution in [3.63, 3.8) is 0 Å². The highest BCUT2D eigenvalue weighted by Gasteiger charge is 2.31. The summed E-state index contributed by atoms with van der Waals surface area (Å²) in [6.45, 7) is 0.0803. The second kappa shape index (κ2) is 4.77. The molecule has 7 heteroatoms. The summed E-state index contributed by atoms with van der Waals surface area (Å²) >= 11 is 0. The molecule has 1 aliphatic carbocycles. The lowest BCUT2D eigenvalue weighted by Crippen LogP contribution is -2.31. The van der Waals surface area contributed by atoms with Crippen LogP contribution < -0.4 is 0 Å². The quantitative estimate of drug-likeness (QED) is 0.620. The second-order valence-corrected chi connectivity index (χ2v) is 4.43. The van der Waals surface area contributed by atoms with Crippen LogP contribution in [0, 0.1) is 10.1 Å². The molecular formula is C11H15N3O4. The molecule has 1 fully saturated rings. The van der Waals surface area contributed by atoms with Crippen LogP contribution in [0.1, 0.15) is 29.4 Å². The number of carbonyl (C=O) groups excluding carboxylic acids is 1. The van der Waals surface area contributed by atoms with Gasteiger partial charge in [0.15, 0.2) is 0 Å². The van der Waals surface area contributed by atoms with Gasteiger partial charge in [-0.15, -0.1) is 0 Å². The lowest BCUT2D eigenvalue weighted by molar-refractivity contribution is -0.384. The second-order valence-electron chi connectivity index (χ2n) is 4.43. The summed E-state index contributed by atoms with van der Waals surface area (Å²) in [5.74, 6) is -0.302. The van der Waals surface area contributed by atoms with Crippen LogP contribution in [-0.4, -0.2) is 45.6 Å². The number of hydrogen-bond donors (Lipinski definition) is 1. The molecule has 0 bridgehead atoms. The molecule has 2 rings (SSSR count). The third kappa shape index (κ3) is 2.35. The number of nitro groups is 1. The molecule has 0 radical (unpaired) electrons. The van der Waals surface area contributed by atoms with Gasteiger partial charge in [0, 0.05) is 25.7 Å². The van der Waals surface area contributed by atoms with Gasteiger partial charge in [0.05, 0.1) is 17.7 Å². The summed E-state index contributed by atoms with van der Waals surface area (Å²) in [7, 11) is 1.56. The van der Waals surface area contributed by atoms with Crippen LogP contribution >= 0.6 is 0 Å². The minimum Gasteiger partial charge on any atom is -0.395 e. The van der Waals surface area contributed by atoms with E-state index < -0.39 is 4.92 Å². The molecule has 1 amide bonds. The Kier molecular flexibility index (Phi) is 3.33. The Labute approximate surface area is 104 Å². The van der Waals surface area contributed by atoms with Gasteiger partial charge in [-0.05, 0) is 12.8 Å². The van der Waals surface area contributed by atoms with Crippen LogP contribution in [-0.2, 0) is 0 Å². The highest BCUT2D eigenvalue weighted by Crippen LogP contribution is 2.38. The maximum absolute atomic E-state index is 12.1. The molecule has 18 heavy (non-hydrogen) atoms. The fourth-order valence-corrected chi connectivity index (χ4v) is 1.84. The predicted molar refractivity (Wildman–Crippen MR) is 63.4 cm³/mol. The van der Waals surface area contributed by atoms with Crippen molar-refractivity contribution in [3.8, 4) is 0 Å². The first-order chi connectivity index (χ1) is 8.54. The summed E-state index contributed by atoms with van der Waals surface area (Å²) in [5, 5.41) is 19.6. The van der Waals surface area contributed by atoms with Crippen molar-refractivity contribution >= 4 is 11.6 Å². The van der Waals surface area contributed by atoms with E-state index in [9.17, 15) is 14.9 Å². The average molecular weight is 253 g/mol. The summed E-state index contributed by atoms with van der Waals surface area (Å²) in [6.07, 6.45) is 3.29. The van der Waals surface area contributed by atoms with E-state index in [0.29, 0.717) is 5.69 Å². The van der Waals surface area contributed by atoms with E-state index in [4.69, 9.17) is 5.11 Å². The smallest absolute Gasteiger partial charge is 0.287 e. The lowest BCUT2D eigenvalue weighted by atomic mass is 10.3. The molecule has 0 aliphatic heterocycles. The molecule has 1 aliphatic rings. The van der Waals surface area contributed by atoms with Crippen molar-refractivity contribution in [2.24, 2.45) is 0 Å². The number of hydrogen-bond acceptors (Lipinski definition) is 4. The Hall–Kier alpha value is -1.89. The summed E-state index contributed by atoms with van der Waals surface area (Å²) in [6, 6.07) is 1.49. The Morgan fingerprint density at radius 2 is 2.33 bits per heavy atom. The fraction of sp³-hybridized carbons (Fsp3) is 0.545. The van der Waals surface area contributed by atoms with Crippen LogP contribution in [0.4, 0.5) is 5.69 Å². The van der Waals surface area contributed by atoms with Crippen LogP contribution in [0.3, 0.4) is 0 Å². The monoisotopic (exact) mass is 253 g/mol. The highest BCUT2D eigenvalue weighted by atomic mass is 16.6. The molecular weight excluding hydrogens is 238 g/mol. The topological polar surface area (TPSA) is 88.6 Å². The van der Waals surface area contributed by atoms with Crippen LogP contribution in [0.15, 0.2) is 12.3 Å². The molecule has 0 aromatic carbocycles. The van der Waals surface area contributed by atoms with E-state index in [1.54, 1.807) is 11.6 Å². The lowest BCUT2D eigenvalue weighted by Gasteiger charge is -2.16. The van der Waals surface area contributed by atoms with Gasteiger partial charge in [0.2, 0.25) is 0 Å². The van der Waals surface area contributed by atoms with Gasteiger partial charge in [0.25, 0.3) is 11.6 Å². The first-order valence-corrected chi connectivity index (χ1v) is 5.77. The van der Waals surface area contributed by atoms with Crippen molar-refractivity contribution in [1.82, 2.24) is 9.47 Å². The number of rotatable bonds is 5. The van der Waals surface area contributed by atoms with Gasteiger partial charge in [-0.3, -0.25) is 14.9 Å². The third-order valence-electron chi connectivity index (χ3n) is 2.99. The molecule has 0 spiro atoms. The maximum Gasteiger partial charge on any atom is 0.287 e. The summed E-state index contributed by atoms with van der Waals surface area (Å²) in [5.41, 5.74) is 0.253. The maximum atomic E-state index is 12.1. The fourth-order valence-electron chi connectivity index (χ4n) is 1.84. The summed E-state index contributed by atoms with van der Waals surface area (Å²) in [4.78, 5) is 23.7. The number of aromatic nitrogens is 1. The van der Waals surface area contributed by atoms with Gasteiger partial charge in [-0.25, -0.2) is 0 Å². The zero-order valence-electron chi connectivity index (χ0n) is 10.1. The van der Waals surface area contributed by atoms with Gasteiger partial charge >= 0.3 is 0 Å². The number of amides is 1. The molecule has 0 saturated heterocycles. The molecule has 1 N–H and O–H groups in total. The number of carbonyl (C=O) groups is 1. The first-order valence-electron chi connectivity index (χ1n) is 5.77. The van der Waals surface area contributed by atoms with Crippen molar-refractivity contribution in [1.29, 1.82) is 0 Å². The normalized spacial score (nSPS) is 14.6. The highest BCUT2D eigenvalue weighted by molar-refractivity contribution is 5.93. The average Bonchev–Trinajstić information content (AvgIpc) is 3.07. The minimum atomic E-state index is -0.498. The Balaban J connectivity index is 2.30. The van der Waals surface area contributed by atoms with Crippen molar-refractivity contribution in [2.75, 3.05) is 20.2 Å². The number of aliphatic hydroxyl groups excluding tert-OH is 1. The van der Waals surface area contributed by atoms with Crippen molar-refractivity contribution in [2.45, 2.75) is 18.9 Å². The Morgan fingerprint density at radius 1 is 1.67 bits per heavy atom. The summed E-state index contributed by atoms with van der Waals surface area (Å²) < 4.78 is 1.67. The van der Waals surface area contributed by atoms with Crippen LogP contribution in [0.5, 0.6) is 0 Å². The van der Waals surface area contributed by atoms with E-state index in [-0.39, 0.29) is 30.8 Å². The van der Waals surface area contributed by atoms with E-state index in [2.05, 4.69) is 0 Å². The van der Waals surface area contributed by atoms with Gasteiger partial charge < -0.3 is 14.6 Å². The molecule has 1 aromatic heterocycles. The molecule has 1 heterocycles.